The molecular formula is C15H28BrIN4O. The van der Waals surface area contributed by atoms with Gasteiger partial charge in [0.25, 0.3) is 0 Å². The van der Waals surface area contributed by atoms with E-state index in [-0.39, 0.29) is 24.0 Å². The van der Waals surface area contributed by atoms with Crippen molar-refractivity contribution in [3.05, 3.63) is 22.4 Å². The highest BCUT2D eigenvalue weighted by atomic mass is 127. The first-order chi connectivity index (χ1) is 10.1. The fourth-order valence-corrected chi connectivity index (χ4v) is 2.58. The van der Waals surface area contributed by atoms with Crippen LogP contribution in [0, 0.1) is 0 Å². The molecule has 0 radical (unpaired) electrons. The quantitative estimate of drug-likeness (QED) is 0.265. The molecule has 22 heavy (non-hydrogen) atoms. The second-order valence-electron chi connectivity index (χ2n) is 4.90. The Bertz CT molecular complexity index is 451. The molecule has 7 heteroatoms. The molecule has 1 rings (SSSR count). The molecule has 0 amide bonds. The Balaban J connectivity index is 0.00000441. The number of hydrogen-bond donors (Lipinski definition) is 1. The van der Waals surface area contributed by atoms with E-state index in [1.807, 2.05) is 6.92 Å². The summed E-state index contributed by atoms with van der Waals surface area (Å²) in [6, 6.07) is 2.13. The van der Waals surface area contributed by atoms with E-state index < -0.39 is 0 Å². The fourth-order valence-electron chi connectivity index (χ4n) is 2.01. The van der Waals surface area contributed by atoms with Gasteiger partial charge in [0.1, 0.15) is 0 Å². The van der Waals surface area contributed by atoms with E-state index in [0.717, 1.165) is 49.7 Å². The standard InChI is InChI=1S/C15H27BrN4O.HI/c1-5-17-15(18-8-7-9-21-6-2)20(4)12-14-10-13(16)11-19(14)3;/h10-11H,5-9,12H2,1-4H3,(H,17,18);1H. The van der Waals surface area contributed by atoms with Crippen molar-refractivity contribution in [3.8, 4) is 0 Å². The van der Waals surface area contributed by atoms with Gasteiger partial charge in [-0.15, -0.1) is 24.0 Å². The van der Waals surface area contributed by atoms with E-state index in [1.165, 1.54) is 5.69 Å². The van der Waals surface area contributed by atoms with Crippen molar-refractivity contribution in [1.29, 1.82) is 0 Å². The second kappa shape index (κ2) is 12.2. The Hall–Kier alpha value is -0.280. The SMILES string of the molecule is CCNC(=NCCCOCC)N(C)Cc1cc(Br)cn1C.I. The van der Waals surface area contributed by atoms with Crippen molar-refractivity contribution in [2.45, 2.75) is 26.8 Å². The molecule has 128 valence electrons. The van der Waals surface area contributed by atoms with Crippen LogP contribution in [-0.4, -0.2) is 48.8 Å². The third-order valence-electron chi connectivity index (χ3n) is 3.08. The number of halogens is 2. The maximum Gasteiger partial charge on any atom is 0.194 e. The molecule has 0 saturated carbocycles. The van der Waals surface area contributed by atoms with E-state index in [2.05, 4.69) is 69.0 Å². The average molecular weight is 487 g/mol. The molecule has 1 heterocycles. The molecule has 0 aliphatic rings. The number of rotatable bonds is 8. The first kappa shape index (κ1) is 21.7. The highest BCUT2D eigenvalue weighted by Crippen LogP contribution is 2.14. The van der Waals surface area contributed by atoms with E-state index in [1.54, 1.807) is 0 Å². The van der Waals surface area contributed by atoms with Crippen molar-refractivity contribution < 1.29 is 4.74 Å². The Labute approximate surface area is 159 Å². The van der Waals surface area contributed by atoms with Gasteiger partial charge in [0.05, 0.1) is 6.54 Å². The van der Waals surface area contributed by atoms with Crippen LogP contribution in [0.5, 0.6) is 0 Å². The maximum absolute atomic E-state index is 5.34. The van der Waals surface area contributed by atoms with Gasteiger partial charge >= 0.3 is 0 Å². The number of ether oxygens (including phenoxy) is 1. The minimum absolute atomic E-state index is 0. The molecule has 5 nitrogen and oxygen atoms in total. The first-order valence-corrected chi connectivity index (χ1v) is 8.25. The predicted octanol–water partition coefficient (Wildman–Crippen LogP) is 3.23. The van der Waals surface area contributed by atoms with Gasteiger partial charge in [-0.25, -0.2) is 0 Å². The predicted molar refractivity (Wildman–Crippen MR) is 107 cm³/mol. The number of guanidine groups is 1. The van der Waals surface area contributed by atoms with Crippen molar-refractivity contribution in [2.75, 3.05) is 33.4 Å². The van der Waals surface area contributed by atoms with Crippen LogP contribution >= 0.6 is 39.9 Å². The van der Waals surface area contributed by atoms with Crippen molar-refractivity contribution in [1.82, 2.24) is 14.8 Å². The first-order valence-electron chi connectivity index (χ1n) is 7.46. The lowest BCUT2D eigenvalue weighted by atomic mass is 10.4. The molecule has 1 aromatic rings. The molecule has 0 aromatic carbocycles. The molecule has 0 unspecified atom stereocenters. The second-order valence-corrected chi connectivity index (χ2v) is 5.82. The zero-order valence-corrected chi connectivity index (χ0v) is 17.8. The molecule has 0 bridgehead atoms. The largest absolute Gasteiger partial charge is 0.382 e. The summed E-state index contributed by atoms with van der Waals surface area (Å²) in [6.45, 7) is 8.11. The van der Waals surface area contributed by atoms with Crippen molar-refractivity contribution in [2.24, 2.45) is 12.0 Å². The lowest BCUT2D eigenvalue weighted by molar-refractivity contribution is 0.146. The summed E-state index contributed by atoms with van der Waals surface area (Å²) in [6.07, 6.45) is 3.02. The number of aromatic nitrogens is 1. The molecule has 0 fully saturated rings. The number of nitrogens with zero attached hydrogens (tertiary/aromatic N) is 3. The molecule has 0 aliphatic carbocycles. The zero-order valence-electron chi connectivity index (χ0n) is 13.9. The van der Waals surface area contributed by atoms with Crippen LogP contribution in [0.25, 0.3) is 0 Å². The summed E-state index contributed by atoms with van der Waals surface area (Å²) in [5.74, 6) is 0.936. The van der Waals surface area contributed by atoms with Gasteiger partial charge in [-0.3, -0.25) is 4.99 Å². The third-order valence-corrected chi connectivity index (χ3v) is 3.52. The van der Waals surface area contributed by atoms with Crippen LogP contribution in [-0.2, 0) is 18.3 Å². The van der Waals surface area contributed by atoms with Crippen LogP contribution in [0.4, 0.5) is 0 Å². The summed E-state index contributed by atoms with van der Waals surface area (Å²) >= 11 is 3.51. The topological polar surface area (TPSA) is 41.8 Å². The smallest absolute Gasteiger partial charge is 0.194 e. The van der Waals surface area contributed by atoms with E-state index in [4.69, 9.17) is 4.74 Å². The lowest BCUT2D eigenvalue weighted by Crippen LogP contribution is -2.39. The number of hydrogen-bond acceptors (Lipinski definition) is 2. The van der Waals surface area contributed by atoms with Crippen LogP contribution in [0.3, 0.4) is 0 Å². The molecule has 0 aliphatic heterocycles. The summed E-state index contributed by atoms with van der Waals surface area (Å²) in [4.78, 5) is 6.79. The summed E-state index contributed by atoms with van der Waals surface area (Å²) in [5.41, 5.74) is 1.24. The lowest BCUT2D eigenvalue weighted by Gasteiger charge is -2.22. The number of nitrogens with one attached hydrogen (secondary N) is 1. The van der Waals surface area contributed by atoms with Gasteiger partial charge in [0.15, 0.2) is 5.96 Å². The van der Waals surface area contributed by atoms with Crippen LogP contribution in [0.15, 0.2) is 21.7 Å². The van der Waals surface area contributed by atoms with Gasteiger partial charge in [0.2, 0.25) is 0 Å². The minimum atomic E-state index is 0. The van der Waals surface area contributed by atoms with Gasteiger partial charge in [-0.2, -0.15) is 0 Å². The summed E-state index contributed by atoms with van der Waals surface area (Å²) < 4.78 is 8.57. The Morgan fingerprint density at radius 2 is 2.18 bits per heavy atom. The number of aryl methyl sites for hydroxylation is 1. The molecule has 0 spiro atoms. The molecular weight excluding hydrogens is 459 g/mol. The van der Waals surface area contributed by atoms with Crippen molar-refractivity contribution in [3.63, 3.8) is 0 Å². The third kappa shape index (κ3) is 7.82. The van der Waals surface area contributed by atoms with Crippen LogP contribution in [0.2, 0.25) is 0 Å². The highest BCUT2D eigenvalue weighted by Gasteiger charge is 2.09. The minimum Gasteiger partial charge on any atom is -0.382 e. The molecule has 0 atom stereocenters. The maximum atomic E-state index is 5.34. The Morgan fingerprint density at radius 1 is 1.45 bits per heavy atom. The van der Waals surface area contributed by atoms with E-state index >= 15 is 0 Å². The Morgan fingerprint density at radius 3 is 2.73 bits per heavy atom. The molecule has 1 aromatic heterocycles. The van der Waals surface area contributed by atoms with Gasteiger partial charge in [0, 0.05) is 56.8 Å². The normalized spacial score (nSPS) is 11.2. The monoisotopic (exact) mass is 486 g/mol. The van der Waals surface area contributed by atoms with Gasteiger partial charge < -0.3 is 19.5 Å². The summed E-state index contributed by atoms with van der Waals surface area (Å²) in [5, 5.41) is 3.33. The fraction of sp³-hybridized carbons (Fsp3) is 0.667. The summed E-state index contributed by atoms with van der Waals surface area (Å²) in [7, 11) is 4.12. The molecule has 0 saturated heterocycles. The van der Waals surface area contributed by atoms with E-state index in [0.29, 0.717) is 0 Å². The average Bonchev–Trinajstić information content (AvgIpc) is 2.75. The number of aliphatic imine (C=N–C) groups is 1. The van der Waals surface area contributed by atoms with Crippen LogP contribution in [0.1, 0.15) is 26.0 Å². The highest BCUT2D eigenvalue weighted by molar-refractivity contribution is 14.0. The van der Waals surface area contributed by atoms with Gasteiger partial charge in [-0.1, -0.05) is 0 Å². The Kier molecular flexibility index (Phi) is 12.0. The van der Waals surface area contributed by atoms with Crippen LogP contribution < -0.4 is 5.32 Å². The van der Waals surface area contributed by atoms with Gasteiger partial charge in [-0.05, 0) is 42.3 Å². The molecule has 1 N–H and O–H groups in total. The zero-order chi connectivity index (χ0) is 15.7. The van der Waals surface area contributed by atoms with Crippen molar-refractivity contribution >= 4 is 45.9 Å². The van der Waals surface area contributed by atoms with E-state index in [9.17, 15) is 0 Å².